The first-order valence-electron chi connectivity index (χ1n) is 9.87. The van der Waals surface area contributed by atoms with Gasteiger partial charge in [0.2, 0.25) is 0 Å². The zero-order valence-corrected chi connectivity index (χ0v) is 22.6. The summed E-state index contributed by atoms with van der Waals surface area (Å²) in [5.41, 5.74) is 4.32. The van der Waals surface area contributed by atoms with Crippen LogP contribution in [0.2, 0.25) is 15.1 Å². The van der Waals surface area contributed by atoms with E-state index in [1.807, 2.05) is 18.9 Å². The van der Waals surface area contributed by atoms with E-state index >= 15 is 0 Å². The van der Waals surface area contributed by atoms with Crippen molar-refractivity contribution in [2.24, 2.45) is 0 Å². The van der Waals surface area contributed by atoms with E-state index in [1.54, 1.807) is 43.6 Å². The summed E-state index contributed by atoms with van der Waals surface area (Å²) in [6.45, 7) is 5.46. The lowest BCUT2D eigenvalue weighted by molar-refractivity contribution is 0.0985. The number of nitrogens with one attached hydrogen (secondary N) is 1. The number of carbonyl (C=O) groups is 1. The van der Waals surface area contributed by atoms with Crippen LogP contribution in [0.1, 0.15) is 29.9 Å². The van der Waals surface area contributed by atoms with Crippen molar-refractivity contribution in [3.63, 3.8) is 0 Å². The number of halogens is 4. The van der Waals surface area contributed by atoms with Crippen LogP contribution in [0.5, 0.6) is 0 Å². The van der Waals surface area contributed by atoms with E-state index in [2.05, 4.69) is 31.4 Å². The Hall–Kier alpha value is -1.75. The molecular formula is C21H20BrCl3N6OS. The van der Waals surface area contributed by atoms with Crippen LogP contribution >= 0.6 is 63.0 Å². The summed E-state index contributed by atoms with van der Waals surface area (Å²) in [5.74, 6) is -0.0752. The topological polar surface area (TPSA) is 66.3 Å². The molecule has 0 unspecified atom stereocenters. The molecule has 0 aliphatic heterocycles. The third-order valence-electron chi connectivity index (χ3n) is 4.77. The molecule has 12 heteroatoms. The van der Waals surface area contributed by atoms with Crippen molar-refractivity contribution in [3.05, 3.63) is 67.5 Å². The van der Waals surface area contributed by atoms with Crippen molar-refractivity contribution < 1.29 is 4.79 Å². The molecule has 174 valence electrons. The normalized spacial score (nSPS) is 11.0. The number of rotatable bonds is 7. The van der Waals surface area contributed by atoms with Crippen LogP contribution in [0.4, 0.5) is 5.69 Å². The zero-order valence-electron chi connectivity index (χ0n) is 17.9. The smallest absolute Gasteiger partial charge is 0.276 e. The summed E-state index contributed by atoms with van der Waals surface area (Å²) >= 11 is 28.1. The van der Waals surface area contributed by atoms with Crippen LogP contribution in [-0.4, -0.2) is 50.8 Å². The number of amides is 1. The van der Waals surface area contributed by atoms with Crippen LogP contribution < -0.4 is 10.3 Å². The van der Waals surface area contributed by atoms with E-state index in [-0.39, 0.29) is 10.7 Å². The summed E-state index contributed by atoms with van der Waals surface area (Å²) in [6, 6.07) is 8.19. The third-order valence-corrected chi connectivity index (χ3v) is 6.27. The number of pyridine rings is 1. The average molecular weight is 591 g/mol. The molecular weight excluding hydrogens is 571 g/mol. The number of nitrogens with zero attached hydrogens (tertiary/aromatic N) is 5. The van der Waals surface area contributed by atoms with Gasteiger partial charge < -0.3 is 10.3 Å². The second-order valence-corrected chi connectivity index (χ2v) is 9.31. The molecule has 0 radical (unpaired) electrons. The number of benzene rings is 1. The molecule has 2 aromatic heterocycles. The van der Waals surface area contributed by atoms with Crippen LogP contribution in [0.25, 0.3) is 5.82 Å². The maximum atomic E-state index is 13.6. The van der Waals surface area contributed by atoms with Gasteiger partial charge in [-0.05, 0) is 40.2 Å². The van der Waals surface area contributed by atoms with Crippen LogP contribution in [0.15, 0.2) is 41.1 Å². The van der Waals surface area contributed by atoms with E-state index < -0.39 is 5.91 Å². The Kier molecular flexibility index (Phi) is 8.71. The van der Waals surface area contributed by atoms with Crippen molar-refractivity contribution in [1.29, 1.82) is 0 Å². The number of hydrazine groups is 1. The van der Waals surface area contributed by atoms with E-state index in [0.717, 1.165) is 13.1 Å². The van der Waals surface area contributed by atoms with Crippen molar-refractivity contribution in [1.82, 2.24) is 25.2 Å². The van der Waals surface area contributed by atoms with Gasteiger partial charge in [0.25, 0.3) is 5.91 Å². The molecule has 0 fully saturated rings. The highest BCUT2D eigenvalue weighted by Crippen LogP contribution is 2.34. The minimum atomic E-state index is -0.397. The fourth-order valence-electron chi connectivity index (χ4n) is 3.14. The molecule has 7 nitrogen and oxygen atoms in total. The lowest BCUT2D eigenvalue weighted by Gasteiger charge is -2.26. The number of hydrogen-bond donors (Lipinski definition) is 1. The summed E-state index contributed by atoms with van der Waals surface area (Å²) < 4.78 is 1.82. The Balaban J connectivity index is 2.07. The number of thiocarbonyl (C=S) groups is 1. The van der Waals surface area contributed by atoms with Gasteiger partial charge in [-0.1, -0.05) is 60.9 Å². The fraction of sp³-hybridized carbons (Fsp3) is 0.238. The SMILES string of the molecule is CCN(CC)NC(=S)c1cc(Cl)cc(Cl)c1N(C)C(=O)c1cc(Br)nn1-c1ncccc1Cl. The predicted octanol–water partition coefficient (Wildman–Crippen LogP) is 5.79. The number of anilines is 1. The maximum absolute atomic E-state index is 13.6. The van der Waals surface area contributed by atoms with Gasteiger partial charge in [0, 0.05) is 43.0 Å². The zero-order chi connectivity index (χ0) is 24.3. The summed E-state index contributed by atoms with van der Waals surface area (Å²) in [6.07, 6.45) is 1.57. The molecule has 0 atom stereocenters. The fourth-order valence-corrected chi connectivity index (χ4v) is 4.62. The highest BCUT2D eigenvalue weighted by molar-refractivity contribution is 9.10. The molecule has 3 rings (SSSR count). The molecule has 0 aliphatic carbocycles. The van der Waals surface area contributed by atoms with Crippen molar-refractivity contribution in [2.75, 3.05) is 25.0 Å². The van der Waals surface area contributed by atoms with E-state index in [4.69, 9.17) is 47.0 Å². The Bertz CT molecular complexity index is 1200. The van der Waals surface area contributed by atoms with Gasteiger partial charge in [0.15, 0.2) is 5.82 Å². The van der Waals surface area contributed by atoms with E-state index in [9.17, 15) is 4.79 Å². The number of carbonyl (C=O) groups excluding carboxylic acids is 1. The standard InChI is InChI=1S/C21H20BrCl3N6OS/c1-4-30(5-2)28-20(33)13-9-12(23)10-15(25)18(13)29(3)21(32)16-11-17(22)27-31(16)19-14(24)7-6-8-26-19/h6-11H,4-5H2,1-3H3,(H,28,33). The maximum Gasteiger partial charge on any atom is 0.276 e. The van der Waals surface area contributed by atoms with Gasteiger partial charge >= 0.3 is 0 Å². The van der Waals surface area contributed by atoms with E-state index in [1.165, 1.54) is 9.58 Å². The van der Waals surface area contributed by atoms with Crippen LogP contribution in [0, 0.1) is 0 Å². The van der Waals surface area contributed by atoms with Gasteiger partial charge in [0.1, 0.15) is 15.3 Å². The highest BCUT2D eigenvalue weighted by Gasteiger charge is 2.26. The third kappa shape index (κ3) is 5.67. The molecule has 1 N–H and O–H groups in total. The second kappa shape index (κ2) is 11.1. The summed E-state index contributed by atoms with van der Waals surface area (Å²) in [4.78, 5) is 19.7. The second-order valence-electron chi connectivity index (χ2n) is 6.83. The van der Waals surface area contributed by atoms with Crippen LogP contribution in [0.3, 0.4) is 0 Å². The lowest BCUT2D eigenvalue weighted by Crippen LogP contribution is -2.42. The molecule has 1 aromatic carbocycles. The highest BCUT2D eigenvalue weighted by atomic mass is 79.9. The van der Waals surface area contributed by atoms with Gasteiger partial charge in [-0.2, -0.15) is 5.10 Å². The Labute approximate surface area is 220 Å². The summed E-state index contributed by atoms with van der Waals surface area (Å²) in [5, 5.41) is 7.29. The molecule has 0 saturated carbocycles. The minimum absolute atomic E-state index is 0.226. The molecule has 0 saturated heterocycles. The van der Waals surface area contributed by atoms with Crippen LogP contribution in [-0.2, 0) is 0 Å². The average Bonchev–Trinajstić information content (AvgIpc) is 3.17. The monoisotopic (exact) mass is 588 g/mol. The minimum Gasteiger partial charge on any atom is -0.309 e. The van der Waals surface area contributed by atoms with Gasteiger partial charge in [-0.15, -0.1) is 0 Å². The first-order chi connectivity index (χ1) is 15.7. The van der Waals surface area contributed by atoms with Crippen molar-refractivity contribution >= 4 is 79.5 Å². The molecule has 1 amide bonds. The quantitative estimate of drug-likeness (QED) is 0.278. The van der Waals surface area contributed by atoms with Crippen molar-refractivity contribution in [2.45, 2.75) is 13.8 Å². The van der Waals surface area contributed by atoms with E-state index in [0.29, 0.717) is 36.7 Å². The van der Waals surface area contributed by atoms with Gasteiger partial charge in [-0.25, -0.2) is 14.7 Å². The Morgan fingerprint density at radius 2 is 1.88 bits per heavy atom. The molecule has 0 bridgehead atoms. The molecule has 0 spiro atoms. The predicted molar refractivity (Wildman–Crippen MR) is 141 cm³/mol. The molecule has 0 aliphatic rings. The number of hydrogen-bond acceptors (Lipinski definition) is 5. The summed E-state index contributed by atoms with van der Waals surface area (Å²) in [7, 11) is 1.60. The van der Waals surface area contributed by atoms with Gasteiger partial charge in [-0.3, -0.25) is 4.79 Å². The first-order valence-corrected chi connectivity index (χ1v) is 12.2. The van der Waals surface area contributed by atoms with Gasteiger partial charge in [0.05, 0.1) is 15.7 Å². The first kappa shape index (κ1) is 25.9. The Morgan fingerprint density at radius 3 is 2.52 bits per heavy atom. The number of aromatic nitrogens is 3. The lowest BCUT2D eigenvalue weighted by atomic mass is 10.1. The Morgan fingerprint density at radius 1 is 1.18 bits per heavy atom. The molecule has 3 aromatic rings. The molecule has 33 heavy (non-hydrogen) atoms. The largest absolute Gasteiger partial charge is 0.309 e. The molecule has 2 heterocycles. The van der Waals surface area contributed by atoms with Crippen molar-refractivity contribution in [3.8, 4) is 5.82 Å².